The zero-order chi connectivity index (χ0) is 13.0. The minimum absolute atomic E-state index is 0.237. The Balaban J connectivity index is 2.02. The van der Waals surface area contributed by atoms with Crippen molar-refractivity contribution in [3.63, 3.8) is 0 Å². The van der Waals surface area contributed by atoms with E-state index in [-0.39, 0.29) is 6.10 Å². The Hall–Kier alpha value is -0.100. The van der Waals surface area contributed by atoms with Crippen molar-refractivity contribution in [2.45, 2.75) is 25.5 Å². The summed E-state index contributed by atoms with van der Waals surface area (Å²) in [5, 5.41) is 3.13. The van der Waals surface area contributed by atoms with Gasteiger partial charge in [-0.2, -0.15) is 0 Å². The monoisotopic (exact) mass is 377 g/mol. The molecule has 1 aliphatic rings. The third-order valence-corrected chi connectivity index (χ3v) is 4.05. The smallest absolute Gasteiger partial charge is 0.147 e. The fourth-order valence-electron chi connectivity index (χ4n) is 2.01. The molecule has 0 aromatic heterocycles. The van der Waals surface area contributed by atoms with Gasteiger partial charge in [0.15, 0.2) is 0 Å². The van der Waals surface area contributed by atoms with E-state index in [1.807, 2.05) is 7.05 Å². The van der Waals surface area contributed by atoms with Crippen LogP contribution in [0.4, 0.5) is 0 Å². The van der Waals surface area contributed by atoms with Gasteiger partial charge in [0.2, 0.25) is 0 Å². The van der Waals surface area contributed by atoms with E-state index in [2.05, 4.69) is 49.3 Å². The van der Waals surface area contributed by atoms with Gasteiger partial charge in [-0.3, -0.25) is 0 Å². The van der Waals surface area contributed by atoms with Gasteiger partial charge in [-0.25, -0.2) is 0 Å². The Morgan fingerprint density at radius 1 is 1.39 bits per heavy atom. The third kappa shape index (κ3) is 3.70. The summed E-state index contributed by atoms with van der Waals surface area (Å²) in [7, 11) is 1.93. The molecule has 0 aliphatic carbocycles. The topological polar surface area (TPSA) is 30.5 Å². The fourth-order valence-corrected chi connectivity index (χ4v) is 3.52. The fraction of sp³-hybridized carbons (Fsp3) is 0.538. The molecular formula is C13H17Br2NO2. The number of halogens is 2. The van der Waals surface area contributed by atoms with Crippen molar-refractivity contribution in [1.29, 1.82) is 0 Å². The summed E-state index contributed by atoms with van der Waals surface area (Å²) in [5.41, 5.74) is 1.21. The van der Waals surface area contributed by atoms with Gasteiger partial charge in [-0.1, -0.05) is 0 Å². The molecule has 0 bridgehead atoms. The van der Waals surface area contributed by atoms with Gasteiger partial charge in [0.1, 0.15) is 12.4 Å². The molecule has 3 nitrogen and oxygen atoms in total. The Labute approximate surface area is 124 Å². The zero-order valence-electron chi connectivity index (χ0n) is 10.3. The Morgan fingerprint density at radius 2 is 2.11 bits per heavy atom. The number of rotatable bonds is 5. The molecule has 0 saturated carbocycles. The van der Waals surface area contributed by atoms with Gasteiger partial charge in [-0.05, 0) is 69.4 Å². The van der Waals surface area contributed by atoms with Gasteiger partial charge >= 0.3 is 0 Å². The normalized spacial score (nSPS) is 19.2. The number of nitrogens with one attached hydrogen (secondary N) is 1. The summed E-state index contributed by atoms with van der Waals surface area (Å²) in [4.78, 5) is 0. The predicted octanol–water partition coefficient (Wildman–Crippen LogP) is 3.49. The summed E-state index contributed by atoms with van der Waals surface area (Å²) >= 11 is 7.11. The molecule has 1 saturated heterocycles. The highest BCUT2D eigenvalue weighted by atomic mass is 79.9. The first-order valence-corrected chi connectivity index (χ1v) is 7.66. The van der Waals surface area contributed by atoms with Crippen LogP contribution in [0.5, 0.6) is 5.75 Å². The number of ether oxygens (including phenoxy) is 2. The summed E-state index contributed by atoms with van der Waals surface area (Å²) in [6, 6.07) is 4.15. The SMILES string of the molecule is CNCc1cc(Br)c(OCC2CCCO2)c(Br)c1. The number of hydrogen-bond donors (Lipinski definition) is 1. The average molecular weight is 379 g/mol. The molecule has 1 atom stereocenters. The molecule has 1 heterocycles. The minimum atomic E-state index is 0.237. The zero-order valence-corrected chi connectivity index (χ0v) is 13.5. The Morgan fingerprint density at radius 3 is 2.67 bits per heavy atom. The van der Waals surface area contributed by atoms with E-state index in [1.54, 1.807) is 0 Å². The summed E-state index contributed by atoms with van der Waals surface area (Å²) in [6.45, 7) is 2.31. The summed E-state index contributed by atoms with van der Waals surface area (Å²) < 4.78 is 13.3. The van der Waals surface area contributed by atoms with Crippen LogP contribution < -0.4 is 10.1 Å². The maximum Gasteiger partial charge on any atom is 0.147 e. The highest BCUT2D eigenvalue weighted by molar-refractivity contribution is 9.11. The van der Waals surface area contributed by atoms with Crippen molar-refractivity contribution in [1.82, 2.24) is 5.32 Å². The van der Waals surface area contributed by atoms with Crippen LogP contribution in [0.25, 0.3) is 0 Å². The first kappa shape index (κ1) is 14.3. The molecule has 0 amide bonds. The van der Waals surface area contributed by atoms with E-state index in [1.165, 1.54) is 5.56 Å². The lowest BCUT2D eigenvalue weighted by Crippen LogP contribution is -2.16. The molecule has 2 rings (SSSR count). The van der Waals surface area contributed by atoms with Crippen LogP contribution in [0.15, 0.2) is 21.1 Å². The second kappa shape index (κ2) is 6.89. The van der Waals surface area contributed by atoms with E-state index in [0.29, 0.717) is 6.61 Å². The summed E-state index contributed by atoms with van der Waals surface area (Å²) in [6.07, 6.45) is 2.46. The van der Waals surface area contributed by atoms with E-state index in [9.17, 15) is 0 Å². The molecule has 0 spiro atoms. The van der Waals surface area contributed by atoms with Crippen molar-refractivity contribution >= 4 is 31.9 Å². The molecule has 100 valence electrons. The van der Waals surface area contributed by atoms with Gasteiger partial charge in [0.25, 0.3) is 0 Å². The largest absolute Gasteiger partial charge is 0.489 e. The highest BCUT2D eigenvalue weighted by Crippen LogP contribution is 2.35. The quantitative estimate of drug-likeness (QED) is 0.850. The van der Waals surface area contributed by atoms with E-state index < -0.39 is 0 Å². The van der Waals surface area contributed by atoms with Crippen LogP contribution >= 0.6 is 31.9 Å². The van der Waals surface area contributed by atoms with Gasteiger partial charge in [0, 0.05) is 13.2 Å². The van der Waals surface area contributed by atoms with Crippen molar-refractivity contribution in [2.24, 2.45) is 0 Å². The van der Waals surface area contributed by atoms with Crippen molar-refractivity contribution in [2.75, 3.05) is 20.3 Å². The Bertz CT molecular complexity index is 383. The number of hydrogen-bond acceptors (Lipinski definition) is 3. The van der Waals surface area contributed by atoms with Crippen LogP contribution in [0.3, 0.4) is 0 Å². The molecule has 1 fully saturated rings. The van der Waals surface area contributed by atoms with Crippen LogP contribution in [0.2, 0.25) is 0 Å². The average Bonchev–Trinajstić information content (AvgIpc) is 2.81. The van der Waals surface area contributed by atoms with Crippen LogP contribution in [0.1, 0.15) is 18.4 Å². The predicted molar refractivity (Wildman–Crippen MR) is 79.1 cm³/mol. The van der Waals surface area contributed by atoms with E-state index in [4.69, 9.17) is 9.47 Å². The minimum Gasteiger partial charge on any atom is -0.489 e. The molecule has 5 heteroatoms. The lowest BCUT2D eigenvalue weighted by atomic mass is 10.2. The van der Waals surface area contributed by atoms with Crippen molar-refractivity contribution in [3.8, 4) is 5.75 Å². The second-order valence-electron chi connectivity index (χ2n) is 4.36. The van der Waals surface area contributed by atoms with E-state index >= 15 is 0 Å². The maximum absolute atomic E-state index is 5.85. The molecular weight excluding hydrogens is 362 g/mol. The van der Waals surface area contributed by atoms with Crippen LogP contribution in [-0.2, 0) is 11.3 Å². The molecule has 18 heavy (non-hydrogen) atoms. The first-order valence-electron chi connectivity index (χ1n) is 6.07. The highest BCUT2D eigenvalue weighted by Gasteiger charge is 2.17. The lowest BCUT2D eigenvalue weighted by Gasteiger charge is -2.15. The van der Waals surface area contributed by atoms with Gasteiger partial charge in [-0.15, -0.1) is 0 Å². The van der Waals surface area contributed by atoms with Crippen molar-refractivity contribution in [3.05, 3.63) is 26.6 Å². The Kier molecular flexibility index (Phi) is 5.48. The van der Waals surface area contributed by atoms with E-state index in [0.717, 1.165) is 40.7 Å². The molecule has 1 unspecified atom stereocenters. The molecule has 1 aromatic carbocycles. The first-order chi connectivity index (χ1) is 8.70. The van der Waals surface area contributed by atoms with Gasteiger partial charge in [0.05, 0.1) is 15.0 Å². The van der Waals surface area contributed by atoms with Crippen LogP contribution in [-0.4, -0.2) is 26.4 Å². The second-order valence-corrected chi connectivity index (χ2v) is 6.07. The molecule has 1 aromatic rings. The van der Waals surface area contributed by atoms with Crippen LogP contribution in [0, 0.1) is 0 Å². The maximum atomic E-state index is 5.85. The van der Waals surface area contributed by atoms with Crippen molar-refractivity contribution < 1.29 is 9.47 Å². The number of benzene rings is 1. The molecule has 0 radical (unpaired) electrons. The third-order valence-electron chi connectivity index (χ3n) is 2.88. The summed E-state index contributed by atoms with van der Waals surface area (Å²) in [5.74, 6) is 0.852. The molecule has 1 N–H and O–H groups in total. The standard InChI is InChI=1S/C13H17Br2NO2/c1-16-7-9-5-11(14)13(12(15)6-9)18-8-10-3-2-4-17-10/h5-6,10,16H,2-4,7-8H2,1H3. The van der Waals surface area contributed by atoms with Gasteiger partial charge < -0.3 is 14.8 Å². The lowest BCUT2D eigenvalue weighted by molar-refractivity contribution is 0.0674. The molecule has 1 aliphatic heterocycles.